The van der Waals surface area contributed by atoms with Crippen LogP contribution < -0.4 is 15.5 Å². The van der Waals surface area contributed by atoms with Crippen LogP contribution in [0.25, 0.3) is 0 Å². The van der Waals surface area contributed by atoms with Gasteiger partial charge in [-0.3, -0.25) is 9.59 Å². The molecule has 0 heterocycles. The summed E-state index contributed by atoms with van der Waals surface area (Å²) >= 11 is 0. The molecule has 0 fully saturated rings. The minimum atomic E-state index is -0.269. The Hall–Kier alpha value is -2.66. The molecule has 0 saturated carbocycles. The maximum atomic E-state index is 12.6. The molecular formula is C23H32N3O2+. The molecule has 0 aromatic heterocycles. The number of carbonyl (C=O) groups excluding carboxylic acids is 2. The van der Waals surface area contributed by atoms with Gasteiger partial charge in [0.1, 0.15) is 0 Å². The number of rotatable bonds is 8. The van der Waals surface area contributed by atoms with E-state index in [4.69, 9.17) is 0 Å². The van der Waals surface area contributed by atoms with Crippen LogP contribution in [0.1, 0.15) is 38.8 Å². The Morgan fingerprint density at radius 3 is 2.14 bits per heavy atom. The van der Waals surface area contributed by atoms with Crippen molar-refractivity contribution < 1.29 is 14.5 Å². The smallest absolute Gasteiger partial charge is 0.279 e. The highest BCUT2D eigenvalue weighted by Gasteiger charge is 2.20. The lowest BCUT2D eigenvalue weighted by Crippen LogP contribution is -3.14. The maximum absolute atomic E-state index is 12.6. The molecule has 150 valence electrons. The third kappa shape index (κ3) is 7.53. The van der Waals surface area contributed by atoms with Gasteiger partial charge in [-0.2, -0.15) is 0 Å². The van der Waals surface area contributed by atoms with E-state index in [2.05, 4.69) is 22.8 Å². The molecule has 0 bridgehead atoms. The third-order valence-corrected chi connectivity index (χ3v) is 4.36. The fraction of sp³-hybridized carbons (Fsp3) is 0.391. The Morgan fingerprint density at radius 2 is 1.50 bits per heavy atom. The number of para-hydroxylation sites is 1. The molecule has 0 radical (unpaired) electrons. The summed E-state index contributed by atoms with van der Waals surface area (Å²) in [6, 6.07) is 18.0. The van der Waals surface area contributed by atoms with Crippen LogP contribution in [-0.4, -0.2) is 37.0 Å². The van der Waals surface area contributed by atoms with Crippen LogP contribution in [0, 0.1) is 0 Å². The van der Waals surface area contributed by atoms with Crippen molar-refractivity contribution in [3.8, 4) is 0 Å². The number of likely N-dealkylation sites (N-methyl/N-ethyl adjacent to an activating group) is 1. The molecule has 0 aliphatic carbocycles. The molecule has 5 nitrogen and oxygen atoms in total. The molecule has 0 spiro atoms. The van der Waals surface area contributed by atoms with Crippen molar-refractivity contribution >= 4 is 17.5 Å². The predicted octanol–water partition coefficient (Wildman–Crippen LogP) is 2.04. The quantitative estimate of drug-likeness (QED) is 0.654. The molecule has 0 aliphatic rings. The minimum Gasteiger partial charge on any atom is -0.347 e. The Bertz CT molecular complexity index is 782. The van der Waals surface area contributed by atoms with Gasteiger partial charge in [-0.1, -0.05) is 48.5 Å². The van der Waals surface area contributed by atoms with Crippen molar-refractivity contribution in [1.82, 2.24) is 5.32 Å². The zero-order chi connectivity index (χ0) is 20.6. The van der Waals surface area contributed by atoms with Crippen LogP contribution in [0.15, 0.2) is 54.6 Å². The summed E-state index contributed by atoms with van der Waals surface area (Å²) in [6.45, 7) is 9.08. The first-order chi connectivity index (χ1) is 13.3. The maximum Gasteiger partial charge on any atom is 0.279 e. The summed E-state index contributed by atoms with van der Waals surface area (Å²) in [4.78, 5) is 25.7. The third-order valence-electron chi connectivity index (χ3n) is 4.36. The lowest BCUT2D eigenvalue weighted by molar-refractivity contribution is -0.881. The number of amides is 2. The highest BCUT2D eigenvalue weighted by Crippen LogP contribution is 2.18. The Kier molecular flexibility index (Phi) is 7.76. The van der Waals surface area contributed by atoms with E-state index < -0.39 is 0 Å². The van der Waals surface area contributed by atoms with Gasteiger partial charge >= 0.3 is 0 Å². The SMILES string of the molecule is CC[NH+](CC(=O)Nc1ccccc1Cc1ccccc1)CC(=O)NC(C)(C)C. The molecule has 2 aromatic rings. The van der Waals surface area contributed by atoms with Crippen molar-refractivity contribution in [3.05, 3.63) is 65.7 Å². The van der Waals surface area contributed by atoms with Crippen molar-refractivity contribution in [2.24, 2.45) is 0 Å². The number of quaternary nitrogens is 1. The molecule has 28 heavy (non-hydrogen) atoms. The van der Waals surface area contributed by atoms with E-state index in [1.54, 1.807) is 0 Å². The topological polar surface area (TPSA) is 62.6 Å². The largest absolute Gasteiger partial charge is 0.347 e. The Balaban J connectivity index is 1.97. The second kappa shape index (κ2) is 10.0. The van der Waals surface area contributed by atoms with Gasteiger partial charge < -0.3 is 15.5 Å². The average molecular weight is 383 g/mol. The number of nitrogens with one attached hydrogen (secondary N) is 3. The zero-order valence-corrected chi connectivity index (χ0v) is 17.3. The van der Waals surface area contributed by atoms with Gasteiger partial charge in [0.05, 0.1) is 6.54 Å². The van der Waals surface area contributed by atoms with Crippen molar-refractivity contribution in [2.45, 2.75) is 39.7 Å². The minimum absolute atomic E-state index is 0.0402. The molecule has 3 N–H and O–H groups in total. The number of anilines is 1. The van der Waals surface area contributed by atoms with Crippen LogP contribution in [0.5, 0.6) is 0 Å². The Labute approximate surface area is 168 Å². The first-order valence-corrected chi connectivity index (χ1v) is 9.83. The average Bonchev–Trinajstić information content (AvgIpc) is 2.62. The van der Waals surface area contributed by atoms with Gasteiger partial charge in [-0.25, -0.2) is 0 Å². The summed E-state index contributed by atoms with van der Waals surface area (Å²) < 4.78 is 0. The van der Waals surface area contributed by atoms with Crippen molar-refractivity contribution in [1.29, 1.82) is 0 Å². The number of carbonyl (C=O) groups is 2. The number of hydrogen-bond acceptors (Lipinski definition) is 2. The standard InChI is InChI=1S/C23H31N3O2/c1-5-26(17-22(28)25-23(2,3)4)16-21(27)24-20-14-10-9-13-19(20)15-18-11-7-6-8-12-18/h6-14H,5,15-17H2,1-4H3,(H,24,27)(H,25,28)/p+1. The van der Waals surface area contributed by atoms with E-state index in [0.717, 1.165) is 22.6 Å². The summed E-state index contributed by atoms with van der Waals surface area (Å²) in [5, 5.41) is 5.98. The van der Waals surface area contributed by atoms with Crippen molar-refractivity contribution in [3.63, 3.8) is 0 Å². The monoisotopic (exact) mass is 382 g/mol. The van der Waals surface area contributed by atoms with E-state index in [1.807, 2.05) is 70.2 Å². The van der Waals surface area contributed by atoms with Crippen LogP contribution >= 0.6 is 0 Å². The molecule has 1 unspecified atom stereocenters. The zero-order valence-electron chi connectivity index (χ0n) is 17.3. The van der Waals surface area contributed by atoms with Crippen LogP contribution in [0.3, 0.4) is 0 Å². The second-order valence-corrected chi connectivity index (χ2v) is 8.12. The fourth-order valence-corrected chi connectivity index (χ4v) is 3.04. The van der Waals surface area contributed by atoms with Gasteiger partial charge in [0.15, 0.2) is 13.1 Å². The van der Waals surface area contributed by atoms with Gasteiger partial charge in [0, 0.05) is 11.2 Å². The molecule has 2 rings (SSSR count). The van der Waals surface area contributed by atoms with Crippen LogP contribution in [0.2, 0.25) is 0 Å². The molecule has 0 saturated heterocycles. The van der Waals surface area contributed by atoms with Gasteiger partial charge in [-0.05, 0) is 51.3 Å². The first kappa shape index (κ1) is 21.6. The molecule has 5 heteroatoms. The summed E-state index contributed by atoms with van der Waals surface area (Å²) in [7, 11) is 0. The lowest BCUT2D eigenvalue weighted by Gasteiger charge is -2.23. The van der Waals surface area contributed by atoms with Gasteiger partial charge in [0.25, 0.3) is 11.8 Å². The molecule has 0 aliphatic heterocycles. The van der Waals surface area contributed by atoms with E-state index in [0.29, 0.717) is 6.54 Å². The van der Waals surface area contributed by atoms with E-state index >= 15 is 0 Å². The number of hydrogen-bond donors (Lipinski definition) is 3. The van der Waals surface area contributed by atoms with Crippen molar-refractivity contribution in [2.75, 3.05) is 25.0 Å². The fourth-order valence-electron chi connectivity index (χ4n) is 3.04. The van der Waals surface area contributed by atoms with Crippen LogP contribution in [0.4, 0.5) is 5.69 Å². The molecular weight excluding hydrogens is 350 g/mol. The Morgan fingerprint density at radius 1 is 0.893 bits per heavy atom. The normalized spacial score (nSPS) is 12.3. The molecule has 2 amide bonds. The van der Waals surface area contributed by atoms with Crippen LogP contribution in [-0.2, 0) is 16.0 Å². The summed E-state index contributed by atoms with van der Waals surface area (Å²) in [5.74, 6) is -0.123. The predicted molar refractivity (Wildman–Crippen MR) is 113 cm³/mol. The number of benzene rings is 2. The van der Waals surface area contributed by atoms with E-state index in [9.17, 15) is 9.59 Å². The molecule has 2 aromatic carbocycles. The van der Waals surface area contributed by atoms with Gasteiger partial charge in [0.2, 0.25) is 0 Å². The highest BCUT2D eigenvalue weighted by molar-refractivity contribution is 5.92. The first-order valence-electron chi connectivity index (χ1n) is 9.83. The van der Waals surface area contributed by atoms with Gasteiger partial charge in [-0.15, -0.1) is 0 Å². The van der Waals surface area contributed by atoms with E-state index in [1.165, 1.54) is 5.56 Å². The molecule has 1 atom stereocenters. The highest BCUT2D eigenvalue weighted by atomic mass is 16.2. The lowest BCUT2D eigenvalue weighted by atomic mass is 10.0. The summed E-state index contributed by atoms with van der Waals surface area (Å²) in [5.41, 5.74) is 2.83. The second-order valence-electron chi connectivity index (χ2n) is 8.12. The summed E-state index contributed by atoms with van der Waals surface area (Å²) in [6.07, 6.45) is 0.760. The van der Waals surface area contributed by atoms with E-state index in [-0.39, 0.29) is 30.4 Å².